The van der Waals surface area contributed by atoms with Gasteiger partial charge in [-0.1, -0.05) is 16.7 Å². The van der Waals surface area contributed by atoms with Crippen LogP contribution in [0, 0.1) is 0 Å². The number of ether oxygens (including phenoxy) is 1. The van der Waals surface area contributed by atoms with Crippen molar-refractivity contribution in [3.8, 4) is 5.75 Å². The molecule has 0 aliphatic carbocycles. The lowest BCUT2D eigenvalue weighted by Gasteiger charge is -2.07. The molecule has 112 valence electrons. The van der Waals surface area contributed by atoms with Crippen LogP contribution in [-0.2, 0) is 18.9 Å². The van der Waals surface area contributed by atoms with E-state index < -0.39 is 25.8 Å². The van der Waals surface area contributed by atoms with E-state index in [-0.39, 0.29) is 18.3 Å². The number of para-hydroxylation sites is 1. The highest BCUT2D eigenvalue weighted by molar-refractivity contribution is 7.53. The number of benzene rings is 1. The molecule has 0 spiro atoms. The van der Waals surface area contributed by atoms with Gasteiger partial charge in [0.25, 0.3) is 0 Å². The predicted octanol–water partition coefficient (Wildman–Crippen LogP) is 1.06. The Labute approximate surface area is 123 Å². The van der Waals surface area contributed by atoms with Gasteiger partial charge in [0.1, 0.15) is 6.04 Å². The second-order valence-corrected chi connectivity index (χ2v) is 6.47. The first-order valence-electron chi connectivity index (χ1n) is 6.78. The molecule has 1 unspecified atom stereocenters. The molecule has 2 rings (SSSR count). The van der Waals surface area contributed by atoms with Crippen molar-refractivity contribution in [2.75, 3.05) is 12.7 Å². The number of carbonyl (C=O) groups excluding carboxylic acids is 2. The molecule has 0 saturated carbocycles. The standard InChI is InChI=1S/C14H16NO5P/c16-11-5-1-2-6-12(11)21(19)9-7-13(17)20-14(18)10-4-3-8-15-10/h1-2,5-6,10,15H,3-4,7-9H2/p+1/t10-/m0/s1. The number of phenolic OH excluding ortho intramolecular Hbond substituents is 1. The third-order valence-corrected chi connectivity index (χ3v) is 4.77. The fourth-order valence-electron chi connectivity index (χ4n) is 2.11. The second kappa shape index (κ2) is 7.29. The van der Waals surface area contributed by atoms with E-state index in [1.54, 1.807) is 18.2 Å². The Morgan fingerprint density at radius 1 is 1.38 bits per heavy atom. The van der Waals surface area contributed by atoms with E-state index >= 15 is 0 Å². The molecule has 1 aromatic rings. The SMILES string of the molecule is O=C(CC[P+](=O)c1ccccc1O)OC(=O)[C@@H]1CCCN1. The molecule has 0 amide bonds. The van der Waals surface area contributed by atoms with Crippen LogP contribution in [0.1, 0.15) is 19.3 Å². The zero-order valence-corrected chi connectivity index (χ0v) is 12.3. The summed E-state index contributed by atoms with van der Waals surface area (Å²) in [7, 11) is -1.89. The van der Waals surface area contributed by atoms with Crippen LogP contribution in [0.5, 0.6) is 5.75 Å². The number of aromatic hydroxyl groups is 1. The van der Waals surface area contributed by atoms with Crippen LogP contribution in [0.3, 0.4) is 0 Å². The predicted molar refractivity (Wildman–Crippen MR) is 77.0 cm³/mol. The Kier molecular flexibility index (Phi) is 5.42. The van der Waals surface area contributed by atoms with Crippen molar-refractivity contribution in [1.82, 2.24) is 5.32 Å². The molecule has 1 aliphatic rings. The lowest BCUT2D eigenvalue weighted by Crippen LogP contribution is -2.33. The average molecular weight is 310 g/mol. The first-order chi connectivity index (χ1) is 10.1. The van der Waals surface area contributed by atoms with Gasteiger partial charge in [-0.3, -0.25) is 4.79 Å². The van der Waals surface area contributed by atoms with Gasteiger partial charge in [0.15, 0.2) is 11.9 Å². The number of phenols is 1. The lowest BCUT2D eigenvalue weighted by molar-refractivity contribution is -0.160. The molecular weight excluding hydrogens is 293 g/mol. The number of carbonyl (C=O) groups is 2. The molecule has 6 nitrogen and oxygen atoms in total. The summed E-state index contributed by atoms with van der Waals surface area (Å²) in [5, 5.41) is 12.8. The van der Waals surface area contributed by atoms with Crippen LogP contribution in [0.2, 0.25) is 0 Å². The molecule has 21 heavy (non-hydrogen) atoms. The number of nitrogens with one attached hydrogen (secondary N) is 1. The Hall–Kier alpha value is -1.78. The second-order valence-electron chi connectivity index (χ2n) is 4.78. The van der Waals surface area contributed by atoms with Crippen molar-refractivity contribution in [1.29, 1.82) is 0 Å². The summed E-state index contributed by atoms with van der Waals surface area (Å²) in [6, 6.07) is 5.86. The molecule has 0 radical (unpaired) electrons. The minimum atomic E-state index is -1.89. The van der Waals surface area contributed by atoms with Crippen molar-refractivity contribution in [2.24, 2.45) is 0 Å². The quantitative estimate of drug-likeness (QED) is 0.480. The first-order valence-corrected chi connectivity index (χ1v) is 8.23. The Morgan fingerprint density at radius 2 is 2.14 bits per heavy atom. The normalized spacial score (nSPS) is 18.3. The monoisotopic (exact) mass is 310 g/mol. The molecule has 1 heterocycles. The molecule has 1 aromatic carbocycles. The maximum absolute atomic E-state index is 12.0. The Balaban J connectivity index is 1.80. The van der Waals surface area contributed by atoms with E-state index in [9.17, 15) is 19.3 Å². The molecule has 2 atom stereocenters. The molecule has 0 aromatic heterocycles. The maximum Gasteiger partial charge on any atom is 0.381 e. The van der Waals surface area contributed by atoms with E-state index in [0.717, 1.165) is 13.0 Å². The largest absolute Gasteiger partial charge is 0.504 e. The lowest BCUT2D eigenvalue weighted by atomic mass is 10.2. The third-order valence-electron chi connectivity index (χ3n) is 3.23. The highest BCUT2D eigenvalue weighted by Crippen LogP contribution is 2.26. The van der Waals surface area contributed by atoms with Crippen LogP contribution < -0.4 is 10.6 Å². The summed E-state index contributed by atoms with van der Waals surface area (Å²) in [6.45, 7) is 0.743. The molecule has 1 saturated heterocycles. The zero-order valence-electron chi connectivity index (χ0n) is 11.4. The molecule has 2 N–H and O–H groups in total. The van der Waals surface area contributed by atoms with Crippen molar-refractivity contribution >= 4 is 25.0 Å². The Bertz CT molecular complexity index is 554. The van der Waals surface area contributed by atoms with Crippen molar-refractivity contribution in [3.63, 3.8) is 0 Å². The summed E-state index contributed by atoms with van der Waals surface area (Å²) >= 11 is 0. The van der Waals surface area contributed by atoms with Gasteiger partial charge in [-0.05, 0) is 31.5 Å². The fourth-order valence-corrected chi connectivity index (χ4v) is 3.32. The summed E-state index contributed by atoms with van der Waals surface area (Å²) in [5.74, 6) is -1.32. The topological polar surface area (TPSA) is 92.7 Å². The highest BCUT2D eigenvalue weighted by Gasteiger charge is 2.28. The van der Waals surface area contributed by atoms with Crippen LogP contribution in [0.25, 0.3) is 0 Å². The van der Waals surface area contributed by atoms with Crippen molar-refractivity contribution in [3.05, 3.63) is 24.3 Å². The molecule has 0 bridgehead atoms. The van der Waals surface area contributed by atoms with E-state index in [0.29, 0.717) is 11.7 Å². The summed E-state index contributed by atoms with van der Waals surface area (Å²) in [5.41, 5.74) is 0. The smallest absolute Gasteiger partial charge is 0.381 e. The number of rotatable bonds is 5. The van der Waals surface area contributed by atoms with Gasteiger partial charge in [0.2, 0.25) is 5.30 Å². The van der Waals surface area contributed by atoms with Gasteiger partial charge in [0, 0.05) is 0 Å². The van der Waals surface area contributed by atoms with Gasteiger partial charge >= 0.3 is 19.7 Å². The molecule has 1 fully saturated rings. The maximum atomic E-state index is 12.0. The van der Waals surface area contributed by atoms with Crippen molar-refractivity contribution < 1.29 is 24.0 Å². The first kappa shape index (κ1) is 15.6. The fraction of sp³-hybridized carbons (Fsp3) is 0.429. The summed E-state index contributed by atoms with van der Waals surface area (Å²) in [6.07, 6.45) is 1.46. The summed E-state index contributed by atoms with van der Waals surface area (Å²) < 4.78 is 16.7. The van der Waals surface area contributed by atoms with Gasteiger partial charge < -0.3 is 15.2 Å². The third kappa shape index (κ3) is 4.34. The summed E-state index contributed by atoms with van der Waals surface area (Å²) in [4.78, 5) is 23.2. The number of hydrogen-bond acceptors (Lipinski definition) is 6. The zero-order chi connectivity index (χ0) is 15.2. The minimum absolute atomic E-state index is 0.0388. The van der Waals surface area contributed by atoms with Crippen LogP contribution >= 0.6 is 7.80 Å². The van der Waals surface area contributed by atoms with E-state index in [4.69, 9.17) is 4.74 Å². The van der Waals surface area contributed by atoms with Gasteiger partial charge in [-0.25, -0.2) is 4.79 Å². The van der Waals surface area contributed by atoms with Crippen LogP contribution in [-0.4, -0.2) is 35.8 Å². The molecular formula is C14H17NO5P+. The van der Waals surface area contributed by atoms with Gasteiger partial charge in [-0.15, -0.1) is 0 Å². The van der Waals surface area contributed by atoms with Gasteiger partial charge in [0.05, 0.1) is 6.42 Å². The van der Waals surface area contributed by atoms with E-state index in [2.05, 4.69) is 5.32 Å². The Morgan fingerprint density at radius 3 is 2.81 bits per heavy atom. The highest BCUT2D eigenvalue weighted by atomic mass is 31.1. The van der Waals surface area contributed by atoms with Crippen LogP contribution in [0.4, 0.5) is 0 Å². The van der Waals surface area contributed by atoms with E-state index in [1.807, 2.05) is 0 Å². The van der Waals surface area contributed by atoms with E-state index in [1.165, 1.54) is 6.07 Å². The molecule has 1 aliphatic heterocycles. The van der Waals surface area contributed by atoms with Crippen LogP contribution in [0.15, 0.2) is 24.3 Å². The number of hydrogen-bond donors (Lipinski definition) is 2. The van der Waals surface area contributed by atoms with Crippen molar-refractivity contribution in [2.45, 2.75) is 25.3 Å². The van der Waals surface area contributed by atoms with Gasteiger partial charge in [-0.2, -0.15) is 0 Å². The average Bonchev–Trinajstić information content (AvgIpc) is 2.99. The number of esters is 2. The minimum Gasteiger partial charge on any atom is -0.504 e. The molecule has 7 heteroatoms.